The molecule has 4 rings (SSSR count). The largest absolute Gasteiger partial charge is 0.490 e. The number of rotatable bonds is 9. The Balaban J connectivity index is 1.44. The molecule has 1 aliphatic carbocycles. The monoisotopic (exact) mass is 398 g/mol. The van der Waals surface area contributed by atoms with Crippen LogP contribution in [0.1, 0.15) is 37.1 Å². The Kier molecular flexibility index (Phi) is 6.46. The lowest BCUT2D eigenvalue weighted by molar-refractivity contribution is 0.122. The highest BCUT2D eigenvalue weighted by Crippen LogP contribution is 2.36. The van der Waals surface area contributed by atoms with Gasteiger partial charge in [0.1, 0.15) is 6.10 Å². The van der Waals surface area contributed by atoms with Gasteiger partial charge in [0.15, 0.2) is 11.6 Å². The van der Waals surface area contributed by atoms with Crippen molar-refractivity contribution in [2.75, 3.05) is 32.1 Å². The topological polar surface area (TPSA) is 77.5 Å². The third-order valence-corrected chi connectivity index (χ3v) is 5.29. The van der Waals surface area contributed by atoms with E-state index in [4.69, 9.17) is 19.2 Å². The summed E-state index contributed by atoms with van der Waals surface area (Å²) >= 11 is 0. The number of nitrogens with one attached hydrogen (secondary N) is 2. The van der Waals surface area contributed by atoms with Crippen molar-refractivity contribution in [3.8, 4) is 11.5 Å². The van der Waals surface area contributed by atoms with Crippen LogP contribution in [-0.4, -0.2) is 49.0 Å². The SMILES string of the molecule is COc1c(OC2CCNCC2)ccnc1Nc1ccc(CCOC2CC2)nc1C. The van der Waals surface area contributed by atoms with Crippen molar-refractivity contribution in [1.82, 2.24) is 15.3 Å². The quantitative estimate of drug-likeness (QED) is 0.670. The molecule has 3 heterocycles. The van der Waals surface area contributed by atoms with Gasteiger partial charge in [-0.25, -0.2) is 4.98 Å². The van der Waals surface area contributed by atoms with Gasteiger partial charge in [0.25, 0.3) is 0 Å². The number of aryl methyl sites for hydroxylation is 1. The Morgan fingerprint density at radius 3 is 2.66 bits per heavy atom. The van der Waals surface area contributed by atoms with E-state index >= 15 is 0 Å². The molecule has 1 saturated carbocycles. The summed E-state index contributed by atoms with van der Waals surface area (Å²) in [7, 11) is 1.64. The Hall–Kier alpha value is -2.38. The summed E-state index contributed by atoms with van der Waals surface area (Å²) in [4.78, 5) is 9.17. The number of nitrogens with zero attached hydrogens (tertiary/aromatic N) is 2. The van der Waals surface area contributed by atoms with Crippen molar-refractivity contribution in [3.63, 3.8) is 0 Å². The molecular formula is C22H30N4O3. The Morgan fingerprint density at radius 2 is 1.93 bits per heavy atom. The zero-order valence-electron chi connectivity index (χ0n) is 17.2. The number of piperidine rings is 1. The van der Waals surface area contributed by atoms with Gasteiger partial charge in [0.2, 0.25) is 5.75 Å². The molecule has 2 aromatic heterocycles. The molecule has 0 radical (unpaired) electrons. The fourth-order valence-electron chi connectivity index (χ4n) is 3.48. The van der Waals surface area contributed by atoms with Gasteiger partial charge in [-0.2, -0.15) is 0 Å². The first-order valence-corrected chi connectivity index (χ1v) is 10.5. The molecule has 2 fully saturated rings. The summed E-state index contributed by atoms with van der Waals surface area (Å²) in [6, 6.07) is 5.93. The van der Waals surface area contributed by atoms with Crippen LogP contribution >= 0.6 is 0 Å². The lowest BCUT2D eigenvalue weighted by Gasteiger charge is -2.25. The van der Waals surface area contributed by atoms with E-state index in [0.29, 0.717) is 17.7 Å². The molecule has 2 aliphatic rings. The highest BCUT2D eigenvalue weighted by atomic mass is 16.5. The second-order valence-corrected chi connectivity index (χ2v) is 7.64. The van der Waals surface area contributed by atoms with Gasteiger partial charge in [-0.1, -0.05) is 0 Å². The summed E-state index contributed by atoms with van der Waals surface area (Å²) < 4.78 is 17.6. The van der Waals surface area contributed by atoms with E-state index in [2.05, 4.69) is 15.6 Å². The molecule has 0 amide bonds. The fraction of sp³-hybridized carbons (Fsp3) is 0.545. The van der Waals surface area contributed by atoms with Gasteiger partial charge in [-0.15, -0.1) is 0 Å². The van der Waals surface area contributed by atoms with Crippen LogP contribution in [-0.2, 0) is 11.2 Å². The number of ether oxygens (including phenoxy) is 3. The molecule has 1 saturated heterocycles. The van der Waals surface area contributed by atoms with E-state index in [1.54, 1.807) is 13.3 Å². The van der Waals surface area contributed by atoms with E-state index in [-0.39, 0.29) is 6.10 Å². The van der Waals surface area contributed by atoms with E-state index in [1.165, 1.54) is 12.8 Å². The molecule has 0 unspecified atom stereocenters. The maximum Gasteiger partial charge on any atom is 0.204 e. The Bertz CT molecular complexity index is 820. The molecule has 0 bridgehead atoms. The summed E-state index contributed by atoms with van der Waals surface area (Å²) in [5.41, 5.74) is 2.86. The van der Waals surface area contributed by atoms with Crippen molar-refractivity contribution >= 4 is 11.5 Å². The summed E-state index contributed by atoms with van der Waals surface area (Å²) in [5.74, 6) is 1.97. The van der Waals surface area contributed by atoms with Gasteiger partial charge < -0.3 is 24.8 Å². The average molecular weight is 399 g/mol. The third kappa shape index (κ3) is 5.36. The number of pyridine rings is 2. The number of aromatic nitrogens is 2. The molecule has 0 spiro atoms. The maximum atomic E-state index is 6.20. The van der Waals surface area contributed by atoms with E-state index in [9.17, 15) is 0 Å². The summed E-state index contributed by atoms with van der Waals surface area (Å²) in [6.07, 6.45) is 7.63. The Labute approximate surface area is 172 Å². The van der Waals surface area contributed by atoms with Crippen LogP contribution in [0.4, 0.5) is 11.5 Å². The highest BCUT2D eigenvalue weighted by Gasteiger charge is 2.22. The van der Waals surface area contributed by atoms with Gasteiger partial charge in [-0.3, -0.25) is 4.98 Å². The smallest absolute Gasteiger partial charge is 0.204 e. The van der Waals surface area contributed by atoms with Crippen molar-refractivity contribution in [2.45, 2.75) is 51.2 Å². The van der Waals surface area contributed by atoms with Crippen LogP contribution in [0.3, 0.4) is 0 Å². The molecule has 0 atom stereocenters. The molecule has 0 aromatic carbocycles. The van der Waals surface area contributed by atoms with Crippen molar-refractivity contribution in [3.05, 3.63) is 35.8 Å². The molecule has 2 N–H and O–H groups in total. The van der Waals surface area contributed by atoms with Gasteiger partial charge in [0, 0.05) is 24.4 Å². The number of hydrogen-bond acceptors (Lipinski definition) is 7. The maximum absolute atomic E-state index is 6.20. The zero-order chi connectivity index (χ0) is 20.1. The second-order valence-electron chi connectivity index (χ2n) is 7.64. The van der Waals surface area contributed by atoms with E-state index < -0.39 is 0 Å². The average Bonchev–Trinajstić information content (AvgIpc) is 3.55. The first-order chi connectivity index (χ1) is 14.2. The number of anilines is 2. The number of methoxy groups -OCH3 is 1. The van der Waals surface area contributed by atoms with Crippen molar-refractivity contribution < 1.29 is 14.2 Å². The summed E-state index contributed by atoms with van der Waals surface area (Å²) in [6.45, 7) is 4.68. The standard InChI is InChI=1S/C22H30N4O3/c1-15-19(6-3-16(25-15)10-14-28-17-4-5-17)26-22-21(27-2)20(9-13-24-22)29-18-7-11-23-12-8-18/h3,6,9,13,17-18,23H,4-5,7-8,10-12,14H2,1-2H3,(H,24,26). The first kappa shape index (κ1) is 19.9. The van der Waals surface area contributed by atoms with Crippen LogP contribution in [0.15, 0.2) is 24.4 Å². The lowest BCUT2D eigenvalue weighted by atomic mass is 10.1. The first-order valence-electron chi connectivity index (χ1n) is 10.5. The van der Waals surface area contributed by atoms with Gasteiger partial charge in [-0.05, 0) is 57.8 Å². The van der Waals surface area contributed by atoms with Gasteiger partial charge in [0.05, 0.1) is 31.2 Å². The minimum Gasteiger partial charge on any atom is -0.490 e. The predicted octanol–water partition coefficient (Wildman–Crippen LogP) is 3.39. The molecule has 29 heavy (non-hydrogen) atoms. The van der Waals surface area contributed by atoms with Crippen LogP contribution in [0.5, 0.6) is 11.5 Å². The van der Waals surface area contributed by atoms with Crippen LogP contribution in [0.25, 0.3) is 0 Å². The van der Waals surface area contributed by atoms with Crippen LogP contribution in [0.2, 0.25) is 0 Å². The van der Waals surface area contributed by atoms with Crippen LogP contribution in [0, 0.1) is 6.92 Å². The predicted molar refractivity (Wildman–Crippen MR) is 112 cm³/mol. The van der Waals surface area contributed by atoms with Gasteiger partial charge >= 0.3 is 0 Å². The van der Waals surface area contributed by atoms with E-state index in [1.807, 2.05) is 25.1 Å². The fourth-order valence-corrected chi connectivity index (χ4v) is 3.48. The van der Waals surface area contributed by atoms with Crippen LogP contribution < -0.4 is 20.1 Å². The second kappa shape index (κ2) is 9.41. The van der Waals surface area contributed by atoms with Crippen molar-refractivity contribution in [2.24, 2.45) is 0 Å². The lowest BCUT2D eigenvalue weighted by Crippen LogP contribution is -2.34. The Morgan fingerprint density at radius 1 is 1.10 bits per heavy atom. The molecule has 7 heteroatoms. The molecule has 156 valence electrons. The summed E-state index contributed by atoms with van der Waals surface area (Å²) in [5, 5.41) is 6.71. The molecule has 7 nitrogen and oxygen atoms in total. The van der Waals surface area contributed by atoms with E-state index in [0.717, 1.165) is 61.8 Å². The molecule has 2 aromatic rings. The minimum absolute atomic E-state index is 0.195. The molecule has 1 aliphatic heterocycles. The zero-order valence-corrected chi connectivity index (χ0v) is 17.2. The number of hydrogen-bond donors (Lipinski definition) is 2. The third-order valence-electron chi connectivity index (χ3n) is 5.29. The normalized spacial score (nSPS) is 17.2. The minimum atomic E-state index is 0.195. The highest BCUT2D eigenvalue weighted by molar-refractivity contribution is 5.67. The molecular weight excluding hydrogens is 368 g/mol. The van der Waals surface area contributed by atoms with Crippen molar-refractivity contribution in [1.29, 1.82) is 0 Å².